The predicted molar refractivity (Wildman–Crippen MR) is 74.1 cm³/mol. The van der Waals surface area contributed by atoms with Crippen molar-refractivity contribution < 1.29 is 9.13 Å². The van der Waals surface area contributed by atoms with Gasteiger partial charge in [0.05, 0.1) is 23.5 Å². The highest BCUT2D eigenvalue weighted by Crippen LogP contribution is 2.21. The van der Waals surface area contributed by atoms with Crippen molar-refractivity contribution in [3.63, 3.8) is 0 Å². The van der Waals surface area contributed by atoms with Crippen LogP contribution in [0.15, 0.2) is 36.5 Å². The van der Waals surface area contributed by atoms with Crippen LogP contribution in [0.3, 0.4) is 0 Å². The molecule has 0 saturated carbocycles. The van der Waals surface area contributed by atoms with E-state index in [4.69, 9.17) is 16.3 Å². The lowest BCUT2D eigenvalue weighted by molar-refractivity contribution is 0.327. The van der Waals surface area contributed by atoms with Crippen molar-refractivity contribution in [2.45, 2.75) is 13.5 Å². The third-order valence-electron chi connectivity index (χ3n) is 2.54. The zero-order chi connectivity index (χ0) is 13.7. The fourth-order valence-electron chi connectivity index (χ4n) is 1.60. The number of benzene rings is 1. The second-order valence-corrected chi connectivity index (χ2v) is 4.26. The van der Waals surface area contributed by atoms with Crippen molar-refractivity contribution in [1.29, 1.82) is 0 Å². The highest BCUT2D eigenvalue weighted by atomic mass is 35.5. The molecule has 0 bridgehead atoms. The zero-order valence-corrected chi connectivity index (χ0v) is 11.2. The van der Waals surface area contributed by atoms with Gasteiger partial charge in [-0.05, 0) is 24.6 Å². The highest BCUT2D eigenvalue weighted by molar-refractivity contribution is 6.31. The Labute approximate surface area is 116 Å². The fourth-order valence-corrected chi connectivity index (χ4v) is 1.79. The number of hydrogen-bond acceptors (Lipinski definition) is 3. The van der Waals surface area contributed by atoms with Crippen LogP contribution in [0.4, 0.5) is 10.1 Å². The van der Waals surface area contributed by atoms with Gasteiger partial charge in [0.15, 0.2) is 0 Å². The van der Waals surface area contributed by atoms with Crippen LogP contribution in [-0.2, 0) is 6.54 Å². The Bertz CT molecular complexity index is 546. The lowest BCUT2D eigenvalue weighted by Crippen LogP contribution is -2.02. The molecule has 0 aliphatic rings. The molecule has 1 aromatic heterocycles. The van der Waals surface area contributed by atoms with Crippen molar-refractivity contribution in [3.05, 3.63) is 52.9 Å². The van der Waals surface area contributed by atoms with Gasteiger partial charge in [0.25, 0.3) is 0 Å². The van der Waals surface area contributed by atoms with E-state index in [0.717, 1.165) is 5.69 Å². The van der Waals surface area contributed by atoms with Gasteiger partial charge >= 0.3 is 0 Å². The molecule has 1 aromatic carbocycles. The summed E-state index contributed by atoms with van der Waals surface area (Å²) in [4.78, 5) is 4.13. The monoisotopic (exact) mass is 280 g/mol. The van der Waals surface area contributed by atoms with Crippen LogP contribution < -0.4 is 10.1 Å². The zero-order valence-electron chi connectivity index (χ0n) is 10.5. The van der Waals surface area contributed by atoms with E-state index in [1.54, 1.807) is 24.4 Å². The van der Waals surface area contributed by atoms with Crippen LogP contribution in [-0.4, -0.2) is 11.6 Å². The quantitative estimate of drug-likeness (QED) is 0.902. The van der Waals surface area contributed by atoms with Crippen molar-refractivity contribution in [2.24, 2.45) is 0 Å². The van der Waals surface area contributed by atoms with Crippen LogP contribution in [0.25, 0.3) is 0 Å². The summed E-state index contributed by atoms with van der Waals surface area (Å²) >= 11 is 5.88. The van der Waals surface area contributed by atoms with E-state index in [9.17, 15) is 4.39 Å². The molecule has 0 saturated heterocycles. The highest BCUT2D eigenvalue weighted by Gasteiger charge is 2.05. The van der Waals surface area contributed by atoms with Gasteiger partial charge < -0.3 is 10.1 Å². The number of ether oxygens (including phenoxy) is 1. The number of rotatable bonds is 5. The van der Waals surface area contributed by atoms with E-state index in [0.29, 0.717) is 24.6 Å². The fraction of sp³-hybridized carbons (Fsp3) is 0.214. The second-order valence-electron chi connectivity index (χ2n) is 3.88. The largest absolute Gasteiger partial charge is 0.478 e. The Morgan fingerprint density at radius 2 is 2.16 bits per heavy atom. The maximum Gasteiger partial charge on any atom is 0.213 e. The van der Waals surface area contributed by atoms with Gasteiger partial charge in [0, 0.05) is 12.6 Å². The molecule has 0 aliphatic carbocycles. The Kier molecular flexibility index (Phi) is 4.58. The van der Waals surface area contributed by atoms with Gasteiger partial charge in [0.1, 0.15) is 5.82 Å². The van der Waals surface area contributed by atoms with Crippen molar-refractivity contribution in [2.75, 3.05) is 11.9 Å². The maximum absolute atomic E-state index is 13.3. The molecule has 0 fully saturated rings. The molecule has 0 aliphatic heterocycles. The predicted octanol–water partition coefficient (Wildman–Crippen LogP) is 3.88. The first-order valence-corrected chi connectivity index (χ1v) is 6.34. The molecular formula is C14H14ClFN2O. The average Bonchev–Trinajstić information content (AvgIpc) is 2.42. The third-order valence-corrected chi connectivity index (χ3v) is 2.97. The Morgan fingerprint density at radius 3 is 2.84 bits per heavy atom. The Hall–Kier alpha value is -1.81. The summed E-state index contributed by atoms with van der Waals surface area (Å²) in [6.45, 7) is 2.92. The van der Waals surface area contributed by atoms with Crippen LogP contribution in [0, 0.1) is 5.82 Å². The lowest BCUT2D eigenvalue weighted by atomic mass is 10.2. The third kappa shape index (κ3) is 3.58. The lowest BCUT2D eigenvalue weighted by Gasteiger charge is -2.09. The molecule has 0 radical (unpaired) electrons. The molecule has 0 unspecified atom stereocenters. The topological polar surface area (TPSA) is 34.1 Å². The smallest absolute Gasteiger partial charge is 0.213 e. The average molecular weight is 281 g/mol. The summed E-state index contributed by atoms with van der Waals surface area (Å²) in [6, 6.07) is 8.38. The molecule has 2 rings (SSSR count). The summed E-state index contributed by atoms with van der Waals surface area (Å²) in [6.07, 6.45) is 1.66. The summed E-state index contributed by atoms with van der Waals surface area (Å²) in [5.74, 6) is 0.169. The van der Waals surface area contributed by atoms with Crippen molar-refractivity contribution >= 4 is 17.3 Å². The SMILES string of the molecule is CCOc1ccc(NCc2cccc(F)c2Cl)cn1. The number of hydrogen-bond donors (Lipinski definition) is 1. The van der Waals surface area contributed by atoms with Gasteiger partial charge in [-0.15, -0.1) is 0 Å². The maximum atomic E-state index is 13.3. The summed E-state index contributed by atoms with van der Waals surface area (Å²) < 4.78 is 18.5. The molecule has 5 heteroatoms. The molecule has 0 spiro atoms. The number of pyridine rings is 1. The van der Waals surface area contributed by atoms with Crippen molar-refractivity contribution in [1.82, 2.24) is 4.98 Å². The first-order chi connectivity index (χ1) is 9.20. The number of aromatic nitrogens is 1. The first-order valence-electron chi connectivity index (χ1n) is 5.96. The Balaban J connectivity index is 2.00. The molecule has 0 atom stereocenters. The van der Waals surface area contributed by atoms with E-state index >= 15 is 0 Å². The van der Waals surface area contributed by atoms with E-state index < -0.39 is 5.82 Å². The molecule has 3 nitrogen and oxygen atoms in total. The second kappa shape index (κ2) is 6.38. The minimum absolute atomic E-state index is 0.147. The van der Waals surface area contributed by atoms with E-state index in [-0.39, 0.29) is 5.02 Å². The Morgan fingerprint density at radius 1 is 1.32 bits per heavy atom. The van der Waals surface area contributed by atoms with E-state index in [1.807, 2.05) is 13.0 Å². The molecule has 1 heterocycles. The van der Waals surface area contributed by atoms with Gasteiger partial charge in [0.2, 0.25) is 5.88 Å². The normalized spacial score (nSPS) is 10.3. The number of halogens is 2. The number of nitrogens with one attached hydrogen (secondary N) is 1. The standard InChI is InChI=1S/C14H14ClFN2O/c1-2-19-13-7-6-11(9-18-13)17-8-10-4-3-5-12(16)14(10)15/h3-7,9,17H,2,8H2,1H3. The summed E-state index contributed by atoms with van der Waals surface area (Å²) in [5, 5.41) is 3.28. The molecule has 19 heavy (non-hydrogen) atoms. The molecular weight excluding hydrogens is 267 g/mol. The van der Waals surface area contributed by atoms with Crippen LogP contribution >= 0.6 is 11.6 Å². The summed E-state index contributed by atoms with van der Waals surface area (Å²) in [5.41, 5.74) is 1.53. The van der Waals surface area contributed by atoms with Gasteiger partial charge in [-0.25, -0.2) is 9.37 Å². The summed E-state index contributed by atoms with van der Waals surface area (Å²) in [7, 11) is 0. The molecule has 1 N–H and O–H groups in total. The van der Waals surface area contributed by atoms with Gasteiger partial charge in [-0.1, -0.05) is 23.7 Å². The van der Waals surface area contributed by atoms with Crippen LogP contribution in [0.1, 0.15) is 12.5 Å². The van der Waals surface area contributed by atoms with Crippen molar-refractivity contribution in [3.8, 4) is 5.88 Å². The van der Waals surface area contributed by atoms with Gasteiger partial charge in [-0.3, -0.25) is 0 Å². The minimum Gasteiger partial charge on any atom is -0.478 e. The molecule has 100 valence electrons. The van der Waals surface area contributed by atoms with Gasteiger partial charge in [-0.2, -0.15) is 0 Å². The number of anilines is 1. The molecule has 0 amide bonds. The van der Waals surface area contributed by atoms with Crippen LogP contribution in [0.2, 0.25) is 5.02 Å². The van der Waals surface area contributed by atoms with E-state index in [2.05, 4.69) is 10.3 Å². The molecule has 2 aromatic rings. The van der Waals surface area contributed by atoms with E-state index in [1.165, 1.54) is 6.07 Å². The minimum atomic E-state index is -0.411. The first kappa shape index (κ1) is 13.6. The number of nitrogens with zero attached hydrogens (tertiary/aromatic N) is 1. The van der Waals surface area contributed by atoms with Crippen LogP contribution in [0.5, 0.6) is 5.88 Å².